The van der Waals surface area contributed by atoms with Crippen molar-refractivity contribution in [1.29, 1.82) is 0 Å². The molecule has 0 radical (unpaired) electrons. The van der Waals surface area contributed by atoms with Crippen molar-refractivity contribution >= 4 is 0 Å². The van der Waals surface area contributed by atoms with Gasteiger partial charge in [0.15, 0.2) is 0 Å². The quantitative estimate of drug-likeness (QED) is 0.881. The molecular formula is C18H29NO. The van der Waals surface area contributed by atoms with Gasteiger partial charge in [-0.3, -0.25) is 0 Å². The summed E-state index contributed by atoms with van der Waals surface area (Å²) in [6, 6.07) is 10.0. The van der Waals surface area contributed by atoms with E-state index in [0.29, 0.717) is 12.1 Å². The molecule has 1 fully saturated rings. The van der Waals surface area contributed by atoms with Crippen molar-refractivity contribution in [2.75, 3.05) is 6.61 Å². The smallest absolute Gasteiger partial charge is 0.0641 e. The van der Waals surface area contributed by atoms with Crippen LogP contribution < -0.4 is 5.32 Å². The minimum absolute atomic E-state index is 0.0339. The molecule has 1 heterocycles. The molecule has 0 amide bonds. The average molecular weight is 275 g/mol. The van der Waals surface area contributed by atoms with Crippen LogP contribution in [0.25, 0.3) is 0 Å². The summed E-state index contributed by atoms with van der Waals surface area (Å²) >= 11 is 0. The summed E-state index contributed by atoms with van der Waals surface area (Å²) in [5.41, 5.74) is 2.84. The first-order valence-electron chi connectivity index (χ1n) is 7.90. The Morgan fingerprint density at radius 3 is 2.90 bits per heavy atom. The fraction of sp³-hybridized carbons (Fsp3) is 0.667. The second-order valence-electron chi connectivity index (χ2n) is 6.89. The summed E-state index contributed by atoms with van der Waals surface area (Å²) in [6.07, 6.45) is 4.60. The van der Waals surface area contributed by atoms with Crippen LogP contribution in [0.5, 0.6) is 0 Å². The van der Waals surface area contributed by atoms with E-state index in [-0.39, 0.29) is 5.60 Å². The number of hydrogen-bond acceptors (Lipinski definition) is 2. The van der Waals surface area contributed by atoms with Gasteiger partial charge < -0.3 is 10.1 Å². The number of aryl methyl sites for hydroxylation is 2. The Labute approximate surface area is 123 Å². The van der Waals surface area contributed by atoms with Crippen LogP contribution in [0.4, 0.5) is 0 Å². The molecule has 20 heavy (non-hydrogen) atoms. The van der Waals surface area contributed by atoms with Crippen LogP contribution in [0.2, 0.25) is 0 Å². The monoisotopic (exact) mass is 275 g/mol. The number of rotatable bonds is 5. The lowest BCUT2D eigenvalue weighted by Crippen LogP contribution is -2.46. The Morgan fingerprint density at radius 1 is 1.40 bits per heavy atom. The summed E-state index contributed by atoms with van der Waals surface area (Å²) in [4.78, 5) is 0. The van der Waals surface area contributed by atoms with E-state index in [1.54, 1.807) is 0 Å². The Hall–Kier alpha value is -0.860. The molecule has 0 spiro atoms. The van der Waals surface area contributed by atoms with Crippen LogP contribution in [-0.2, 0) is 11.2 Å². The van der Waals surface area contributed by atoms with Gasteiger partial charge in [-0.1, -0.05) is 29.8 Å². The van der Waals surface area contributed by atoms with Gasteiger partial charge in [0.2, 0.25) is 0 Å². The molecule has 1 aromatic rings. The molecule has 0 saturated carbocycles. The Kier molecular flexibility index (Phi) is 5.22. The topological polar surface area (TPSA) is 21.3 Å². The Bertz CT molecular complexity index is 427. The molecule has 1 saturated heterocycles. The number of nitrogens with one attached hydrogen (secondary N) is 1. The lowest BCUT2D eigenvalue weighted by molar-refractivity contribution is -0.0640. The maximum absolute atomic E-state index is 5.78. The maximum Gasteiger partial charge on any atom is 0.0641 e. The van der Waals surface area contributed by atoms with Gasteiger partial charge >= 0.3 is 0 Å². The molecule has 2 atom stereocenters. The van der Waals surface area contributed by atoms with Gasteiger partial charge in [0, 0.05) is 18.7 Å². The highest BCUT2D eigenvalue weighted by molar-refractivity contribution is 5.22. The van der Waals surface area contributed by atoms with Gasteiger partial charge in [-0.25, -0.2) is 0 Å². The maximum atomic E-state index is 5.78. The summed E-state index contributed by atoms with van der Waals surface area (Å²) in [5, 5.41) is 3.78. The highest BCUT2D eigenvalue weighted by Crippen LogP contribution is 2.24. The fourth-order valence-electron chi connectivity index (χ4n) is 3.11. The molecule has 2 nitrogen and oxygen atoms in total. The second-order valence-corrected chi connectivity index (χ2v) is 6.89. The predicted octanol–water partition coefficient (Wildman–Crippen LogP) is 3.86. The standard InChI is InChI=1S/C18H29NO/c1-14-6-5-7-16(12-14)9-8-15(2)19-17-10-11-20-18(3,4)13-17/h5-7,12,15,17,19H,8-11,13H2,1-4H3. The van der Waals surface area contributed by atoms with Gasteiger partial charge in [0.1, 0.15) is 0 Å². The lowest BCUT2D eigenvalue weighted by atomic mass is 9.93. The molecule has 1 aromatic carbocycles. The van der Waals surface area contributed by atoms with Crippen molar-refractivity contribution in [2.45, 2.75) is 71.1 Å². The van der Waals surface area contributed by atoms with Crippen LogP contribution in [0, 0.1) is 6.92 Å². The molecule has 0 bridgehead atoms. The lowest BCUT2D eigenvalue weighted by Gasteiger charge is -2.37. The molecule has 1 N–H and O–H groups in total. The van der Waals surface area contributed by atoms with Crippen molar-refractivity contribution in [2.24, 2.45) is 0 Å². The molecule has 1 aliphatic heterocycles. The second kappa shape index (κ2) is 6.73. The molecule has 2 unspecified atom stereocenters. The van der Waals surface area contributed by atoms with Crippen LogP contribution in [0.1, 0.15) is 51.2 Å². The number of hydrogen-bond donors (Lipinski definition) is 1. The van der Waals surface area contributed by atoms with Crippen LogP contribution in [0.3, 0.4) is 0 Å². The van der Waals surface area contributed by atoms with Crippen LogP contribution in [-0.4, -0.2) is 24.3 Å². The van der Waals surface area contributed by atoms with E-state index in [2.05, 4.69) is 57.3 Å². The third-order valence-electron chi connectivity index (χ3n) is 4.17. The zero-order valence-corrected chi connectivity index (χ0v) is 13.4. The van der Waals surface area contributed by atoms with Crippen LogP contribution in [0.15, 0.2) is 24.3 Å². The van der Waals surface area contributed by atoms with E-state index in [0.717, 1.165) is 25.9 Å². The predicted molar refractivity (Wildman–Crippen MR) is 85.2 cm³/mol. The van der Waals surface area contributed by atoms with Crippen molar-refractivity contribution < 1.29 is 4.74 Å². The van der Waals surface area contributed by atoms with E-state index in [4.69, 9.17) is 4.74 Å². The van der Waals surface area contributed by atoms with Gasteiger partial charge in [-0.2, -0.15) is 0 Å². The number of benzene rings is 1. The van der Waals surface area contributed by atoms with Gasteiger partial charge in [-0.05, 0) is 58.9 Å². The van der Waals surface area contributed by atoms with Gasteiger partial charge in [0.05, 0.1) is 5.60 Å². The molecule has 0 aromatic heterocycles. The first kappa shape index (κ1) is 15.5. The zero-order chi connectivity index (χ0) is 14.6. The van der Waals surface area contributed by atoms with Gasteiger partial charge in [0.25, 0.3) is 0 Å². The summed E-state index contributed by atoms with van der Waals surface area (Å²) in [5.74, 6) is 0. The minimum Gasteiger partial charge on any atom is -0.375 e. The van der Waals surface area contributed by atoms with Crippen molar-refractivity contribution in [3.63, 3.8) is 0 Å². The SMILES string of the molecule is Cc1cccc(CCC(C)NC2CCOC(C)(C)C2)c1. The highest BCUT2D eigenvalue weighted by atomic mass is 16.5. The molecule has 2 heteroatoms. The fourth-order valence-corrected chi connectivity index (χ4v) is 3.11. The molecular weight excluding hydrogens is 246 g/mol. The summed E-state index contributed by atoms with van der Waals surface area (Å²) < 4.78 is 5.78. The van der Waals surface area contributed by atoms with E-state index in [9.17, 15) is 0 Å². The van der Waals surface area contributed by atoms with Crippen molar-refractivity contribution in [3.8, 4) is 0 Å². The van der Waals surface area contributed by atoms with Gasteiger partial charge in [-0.15, -0.1) is 0 Å². The average Bonchev–Trinajstić information content (AvgIpc) is 2.35. The summed E-state index contributed by atoms with van der Waals surface area (Å²) in [6.45, 7) is 9.74. The molecule has 2 rings (SSSR count). The van der Waals surface area contributed by atoms with E-state index >= 15 is 0 Å². The molecule has 1 aliphatic rings. The van der Waals surface area contributed by atoms with E-state index < -0.39 is 0 Å². The highest BCUT2D eigenvalue weighted by Gasteiger charge is 2.29. The van der Waals surface area contributed by atoms with Crippen molar-refractivity contribution in [3.05, 3.63) is 35.4 Å². The molecule has 112 valence electrons. The minimum atomic E-state index is 0.0339. The third-order valence-corrected chi connectivity index (χ3v) is 4.17. The van der Waals surface area contributed by atoms with E-state index in [1.165, 1.54) is 17.5 Å². The Morgan fingerprint density at radius 2 is 2.20 bits per heavy atom. The van der Waals surface area contributed by atoms with Crippen molar-refractivity contribution in [1.82, 2.24) is 5.32 Å². The van der Waals surface area contributed by atoms with Crippen LogP contribution >= 0.6 is 0 Å². The first-order chi connectivity index (χ1) is 9.44. The normalized spacial score (nSPS) is 23.5. The zero-order valence-electron chi connectivity index (χ0n) is 13.4. The summed E-state index contributed by atoms with van der Waals surface area (Å²) in [7, 11) is 0. The third kappa shape index (κ3) is 4.92. The number of ether oxygens (including phenoxy) is 1. The first-order valence-corrected chi connectivity index (χ1v) is 7.90. The Balaban J connectivity index is 1.76. The largest absolute Gasteiger partial charge is 0.375 e. The van der Waals surface area contributed by atoms with E-state index in [1.807, 2.05) is 0 Å². The molecule has 0 aliphatic carbocycles.